The zero-order valence-electron chi connectivity index (χ0n) is 12.0. The van der Waals surface area contributed by atoms with Crippen molar-refractivity contribution in [2.75, 3.05) is 0 Å². The maximum atomic E-state index is 11.8. The summed E-state index contributed by atoms with van der Waals surface area (Å²) in [6.45, 7) is 11.7. The molecule has 0 fully saturated rings. The third kappa shape index (κ3) is 6.44. The summed E-state index contributed by atoms with van der Waals surface area (Å²) in [7, 11) is 0. The van der Waals surface area contributed by atoms with E-state index in [1.54, 1.807) is 6.92 Å². The summed E-state index contributed by atoms with van der Waals surface area (Å²) in [5, 5.41) is 2.80. The van der Waals surface area contributed by atoms with E-state index in [9.17, 15) is 9.59 Å². The summed E-state index contributed by atoms with van der Waals surface area (Å²) >= 11 is 0. The van der Waals surface area contributed by atoms with Gasteiger partial charge in [0.15, 0.2) is 5.78 Å². The van der Waals surface area contributed by atoms with Gasteiger partial charge in [0.05, 0.1) is 6.04 Å². The maximum absolute atomic E-state index is 11.8. The Morgan fingerprint density at radius 3 is 1.88 bits per heavy atom. The van der Waals surface area contributed by atoms with Crippen LogP contribution >= 0.6 is 0 Å². The molecule has 0 aliphatic rings. The van der Waals surface area contributed by atoms with Gasteiger partial charge in [-0.1, -0.05) is 41.0 Å². The fourth-order valence-corrected chi connectivity index (χ4v) is 1.64. The Kier molecular flexibility index (Phi) is 7.09. The van der Waals surface area contributed by atoms with E-state index in [2.05, 4.69) is 19.2 Å². The van der Waals surface area contributed by atoms with Gasteiger partial charge in [0.2, 0.25) is 5.91 Å². The van der Waals surface area contributed by atoms with E-state index in [0.29, 0.717) is 5.92 Å². The first kappa shape index (κ1) is 16.1. The molecule has 17 heavy (non-hydrogen) atoms. The van der Waals surface area contributed by atoms with Crippen LogP contribution in [0.1, 0.15) is 54.4 Å². The molecule has 2 atom stereocenters. The summed E-state index contributed by atoms with van der Waals surface area (Å²) in [5.41, 5.74) is 0. The smallest absolute Gasteiger partial charge is 0.223 e. The van der Waals surface area contributed by atoms with E-state index in [1.165, 1.54) is 0 Å². The highest BCUT2D eigenvalue weighted by Gasteiger charge is 2.21. The van der Waals surface area contributed by atoms with E-state index in [1.807, 2.05) is 20.8 Å². The molecule has 3 nitrogen and oxygen atoms in total. The van der Waals surface area contributed by atoms with E-state index in [4.69, 9.17) is 0 Å². The number of nitrogens with one attached hydrogen (secondary N) is 1. The molecule has 0 aliphatic heterocycles. The van der Waals surface area contributed by atoms with Crippen LogP contribution in [0.25, 0.3) is 0 Å². The van der Waals surface area contributed by atoms with Crippen LogP contribution in [-0.2, 0) is 9.59 Å². The summed E-state index contributed by atoms with van der Waals surface area (Å²) in [5.74, 6) is 0.651. The zero-order valence-corrected chi connectivity index (χ0v) is 12.0. The Morgan fingerprint density at radius 1 is 0.941 bits per heavy atom. The predicted molar refractivity (Wildman–Crippen MR) is 70.7 cm³/mol. The van der Waals surface area contributed by atoms with Gasteiger partial charge in [0.1, 0.15) is 0 Å². The van der Waals surface area contributed by atoms with Crippen LogP contribution in [0, 0.1) is 17.8 Å². The first-order chi connectivity index (χ1) is 7.75. The molecule has 2 unspecified atom stereocenters. The molecule has 1 N–H and O–H groups in total. The van der Waals surface area contributed by atoms with E-state index in [-0.39, 0.29) is 29.6 Å². The molecule has 0 aliphatic carbocycles. The third-order valence-corrected chi connectivity index (χ3v) is 2.98. The number of carbonyl (C=O) groups excluding carboxylic acids is 2. The SMILES string of the molecule is CC(C)CCC(C)C(=O)NC(C)C(=O)C(C)C. The summed E-state index contributed by atoms with van der Waals surface area (Å²) < 4.78 is 0. The van der Waals surface area contributed by atoms with Crippen LogP contribution < -0.4 is 5.32 Å². The molecule has 1 amide bonds. The highest BCUT2D eigenvalue weighted by Crippen LogP contribution is 2.12. The summed E-state index contributed by atoms with van der Waals surface area (Å²) in [6, 6.07) is -0.371. The molecule has 0 heterocycles. The molecule has 3 heteroatoms. The predicted octanol–water partition coefficient (Wildman–Crippen LogP) is 2.79. The van der Waals surface area contributed by atoms with Crippen LogP contribution in [-0.4, -0.2) is 17.7 Å². The van der Waals surface area contributed by atoms with Gasteiger partial charge in [0, 0.05) is 11.8 Å². The molecule has 0 rings (SSSR count). The average molecular weight is 241 g/mol. The van der Waals surface area contributed by atoms with Crippen molar-refractivity contribution in [1.29, 1.82) is 0 Å². The second kappa shape index (κ2) is 7.46. The largest absolute Gasteiger partial charge is 0.346 e. The Morgan fingerprint density at radius 2 is 1.47 bits per heavy atom. The monoisotopic (exact) mass is 241 g/mol. The quantitative estimate of drug-likeness (QED) is 0.745. The molecule has 0 aromatic rings. The number of Topliss-reactive ketones (excluding diaryl/α,β-unsaturated/α-hetero) is 1. The zero-order chi connectivity index (χ0) is 13.6. The minimum Gasteiger partial charge on any atom is -0.346 e. The van der Waals surface area contributed by atoms with Crippen LogP contribution in [0.15, 0.2) is 0 Å². The van der Waals surface area contributed by atoms with Crippen molar-refractivity contribution in [1.82, 2.24) is 5.32 Å². The fraction of sp³-hybridized carbons (Fsp3) is 0.857. The molecule has 0 radical (unpaired) electrons. The average Bonchev–Trinajstić information content (AvgIpc) is 2.24. The van der Waals surface area contributed by atoms with Gasteiger partial charge in [-0.3, -0.25) is 9.59 Å². The van der Waals surface area contributed by atoms with E-state index < -0.39 is 0 Å². The lowest BCUT2D eigenvalue weighted by atomic mass is 9.97. The second-order valence-corrected chi connectivity index (χ2v) is 5.66. The van der Waals surface area contributed by atoms with Crippen molar-refractivity contribution >= 4 is 11.7 Å². The molecule has 100 valence electrons. The number of hydrogen-bond acceptors (Lipinski definition) is 2. The van der Waals surface area contributed by atoms with Crippen LogP contribution in [0.3, 0.4) is 0 Å². The highest BCUT2D eigenvalue weighted by atomic mass is 16.2. The lowest BCUT2D eigenvalue weighted by molar-refractivity contribution is -0.130. The maximum Gasteiger partial charge on any atom is 0.223 e. The number of amides is 1. The van der Waals surface area contributed by atoms with Gasteiger partial charge in [-0.15, -0.1) is 0 Å². The van der Waals surface area contributed by atoms with Crippen molar-refractivity contribution in [2.24, 2.45) is 17.8 Å². The van der Waals surface area contributed by atoms with Gasteiger partial charge in [0.25, 0.3) is 0 Å². The van der Waals surface area contributed by atoms with Crippen molar-refractivity contribution < 1.29 is 9.59 Å². The van der Waals surface area contributed by atoms with Crippen LogP contribution in [0.4, 0.5) is 0 Å². The normalized spacial score (nSPS) is 14.8. The third-order valence-electron chi connectivity index (χ3n) is 2.98. The highest BCUT2D eigenvalue weighted by molar-refractivity contribution is 5.90. The van der Waals surface area contributed by atoms with Crippen molar-refractivity contribution in [2.45, 2.75) is 60.4 Å². The summed E-state index contributed by atoms with van der Waals surface area (Å²) in [6.07, 6.45) is 1.92. The van der Waals surface area contributed by atoms with E-state index >= 15 is 0 Å². The number of ketones is 1. The van der Waals surface area contributed by atoms with Gasteiger partial charge in [-0.2, -0.15) is 0 Å². The number of hydrogen-bond donors (Lipinski definition) is 1. The minimum atomic E-state index is -0.371. The molecular formula is C14H27NO2. The van der Waals surface area contributed by atoms with Crippen molar-refractivity contribution in [3.8, 4) is 0 Å². The first-order valence-electron chi connectivity index (χ1n) is 6.59. The van der Waals surface area contributed by atoms with Crippen molar-refractivity contribution in [3.05, 3.63) is 0 Å². The molecule has 0 spiro atoms. The fourth-order valence-electron chi connectivity index (χ4n) is 1.64. The lowest BCUT2D eigenvalue weighted by Crippen LogP contribution is -2.42. The molecule has 0 bridgehead atoms. The lowest BCUT2D eigenvalue weighted by Gasteiger charge is -2.18. The molecule has 0 aromatic heterocycles. The van der Waals surface area contributed by atoms with E-state index in [0.717, 1.165) is 12.8 Å². The minimum absolute atomic E-state index is 0.00727. The Bertz CT molecular complexity index is 259. The van der Waals surface area contributed by atoms with Gasteiger partial charge < -0.3 is 5.32 Å². The van der Waals surface area contributed by atoms with Gasteiger partial charge in [-0.25, -0.2) is 0 Å². The molecular weight excluding hydrogens is 214 g/mol. The second-order valence-electron chi connectivity index (χ2n) is 5.66. The van der Waals surface area contributed by atoms with Gasteiger partial charge in [-0.05, 0) is 19.3 Å². The Labute approximate surface area is 105 Å². The molecule has 0 saturated heterocycles. The topological polar surface area (TPSA) is 46.2 Å². The molecule has 0 aromatic carbocycles. The molecule has 0 saturated carbocycles. The van der Waals surface area contributed by atoms with Crippen molar-refractivity contribution in [3.63, 3.8) is 0 Å². The van der Waals surface area contributed by atoms with Crippen LogP contribution in [0.5, 0.6) is 0 Å². The number of rotatable bonds is 7. The Balaban J connectivity index is 4.11. The first-order valence-corrected chi connectivity index (χ1v) is 6.59. The standard InChI is InChI=1S/C14H27NO2/c1-9(2)7-8-11(5)14(17)15-12(6)13(16)10(3)4/h9-12H,7-8H2,1-6H3,(H,15,17). The summed E-state index contributed by atoms with van der Waals surface area (Å²) in [4.78, 5) is 23.5. The van der Waals surface area contributed by atoms with Gasteiger partial charge >= 0.3 is 0 Å². The Hall–Kier alpha value is -0.860. The number of carbonyl (C=O) groups is 2. The van der Waals surface area contributed by atoms with Crippen LogP contribution in [0.2, 0.25) is 0 Å².